The number of anilines is 1. The first kappa shape index (κ1) is 7.88. The van der Waals surface area contributed by atoms with E-state index < -0.39 is 0 Å². The minimum atomic E-state index is 0.153. The number of phenolic OH excluding ortho intramolecular Hbond substituents is 1. The zero-order chi connectivity index (χ0) is 7.72. The summed E-state index contributed by atoms with van der Waals surface area (Å²) < 4.78 is 1.41. The van der Waals surface area contributed by atoms with E-state index in [2.05, 4.69) is 31.9 Å². The van der Waals surface area contributed by atoms with E-state index in [1.54, 1.807) is 6.07 Å². The molecule has 0 aliphatic carbocycles. The Bertz CT molecular complexity index is 212. The van der Waals surface area contributed by atoms with E-state index in [9.17, 15) is 0 Å². The van der Waals surface area contributed by atoms with Gasteiger partial charge in [-0.2, -0.15) is 0 Å². The molecule has 0 atom stereocenters. The lowest BCUT2D eigenvalue weighted by Crippen LogP contribution is -1.85. The van der Waals surface area contributed by atoms with Gasteiger partial charge >= 0.3 is 0 Å². The van der Waals surface area contributed by atoms with Gasteiger partial charge in [0.2, 0.25) is 0 Å². The molecule has 1 aromatic carbocycles. The highest BCUT2D eigenvalue weighted by molar-refractivity contribution is 9.11. The van der Waals surface area contributed by atoms with Crippen molar-refractivity contribution < 1.29 is 5.11 Å². The van der Waals surface area contributed by atoms with Crippen LogP contribution in [0, 0.1) is 0 Å². The smallest absolute Gasteiger partial charge is 0.131 e. The molecular weight excluding hydrogens is 262 g/mol. The van der Waals surface area contributed by atoms with Crippen LogP contribution in [0.5, 0.6) is 5.75 Å². The highest BCUT2D eigenvalue weighted by atomic mass is 79.9. The SMILES string of the molecule is Nc1cc(O)c(Br)cc1Br. The first-order chi connectivity index (χ1) is 4.61. The Hall–Kier alpha value is -0.220. The summed E-state index contributed by atoms with van der Waals surface area (Å²) in [6.45, 7) is 0. The molecule has 0 unspecified atom stereocenters. The van der Waals surface area contributed by atoms with Crippen LogP contribution in [0.2, 0.25) is 0 Å². The minimum Gasteiger partial charge on any atom is -0.507 e. The second-order valence-electron chi connectivity index (χ2n) is 1.83. The summed E-state index contributed by atoms with van der Waals surface area (Å²) in [4.78, 5) is 0. The Kier molecular flexibility index (Phi) is 2.21. The number of rotatable bonds is 0. The Morgan fingerprint density at radius 1 is 1.20 bits per heavy atom. The molecular formula is C6H5Br2NO. The fraction of sp³-hybridized carbons (Fsp3) is 0. The van der Waals surface area contributed by atoms with E-state index in [-0.39, 0.29) is 5.75 Å². The highest BCUT2D eigenvalue weighted by Crippen LogP contribution is 2.31. The summed E-state index contributed by atoms with van der Waals surface area (Å²) in [5.41, 5.74) is 5.99. The van der Waals surface area contributed by atoms with E-state index in [1.807, 2.05) is 0 Å². The largest absolute Gasteiger partial charge is 0.507 e. The molecule has 3 N–H and O–H groups in total. The van der Waals surface area contributed by atoms with E-state index in [0.717, 1.165) is 4.47 Å². The molecule has 0 aliphatic heterocycles. The molecule has 0 aliphatic rings. The molecule has 0 radical (unpaired) electrons. The summed E-state index contributed by atoms with van der Waals surface area (Å²) in [6, 6.07) is 3.18. The number of halogens is 2. The average Bonchev–Trinajstić information content (AvgIpc) is 1.84. The van der Waals surface area contributed by atoms with Gasteiger partial charge in [-0.3, -0.25) is 0 Å². The van der Waals surface area contributed by atoms with E-state index in [4.69, 9.17) is 10.8 Å². The zero-order valence-electron chi connectivity index (χ0n) is 4.94. The fourth-order valence-corrected chi connectivity index (χ4v) is 1.55. The summed E-state index contributed by atoms with van der Waals surface area (Å²) in [7, 11) is 0. The predicted molar refractivity (Wildman–Crippen MR) is 47.9 cm³/mol. The molecule has 0 saturated heterocycles. The van der Waals surface area contributed by atoms with Gasteiger partial charge in [0.05, 0.1) is 4.47 Å². The maximum Gasteiger partial charge on any atom is 0.131 e. The van der Waals surface area contributed by atoms with Crippen LogP contribution < -0.4 is 5.73 Å². The van der Waals surface area contributed by atoms with Gasteiger partial charge in [-0.25, -0.2) is 0 Å². The second kappa shape index (κ2) is 2.80. The number of nitrogen functional groups attached to an aromatic ring is 1. The van der Waals surface area contributed by atoms with Crippen molar-refractivity contribution >= 4 is 37.5 Å². The zero-order valence-corrected chi connectivity index (χ0v) is 8.11. The van der Waals surface area contributed by atoms with Crippen molar-refractivity contribution in [2.45, 2.75) is 0 Å². The lowest BCUT2D eigenvalue weighted by molar-refractivity contribution is 0.472. The Balaban J connectivity index is 3.28. The third-order valence-corrected chi connectivity index (χ3v) is 2.39. The van der Waals surface area contributed by atoms with Crippen LogP contribution in [-0.2, 0) is 0 Å². The molecule has 0 amide bonds. The third kappa shape index (κ3) is 1.44. The summed E-state index contributed by atoms with van der Waals surface area (Å²) >= 11 is 6.36. The fourth-order valence-electron chi connectivity index (χ4n) is 0.554. The van der Waals surface area contributed by atoms with Crippen LogP contribution in [0.1, 0.15) is 0 Å². The Morgan fingerprint density at radius 3 is 2.30 bits per heavy atom. The van der Waals surface area contributed by atoms with Crippen molar-refractivity contribution in [3.63, 3.8) is 0 Å². The van der Waals surface area contributed by atoms with Gasteiger partial charge in [0.15, 0.2) is 0 Å². The molecule has 0 spiro atoms. The van der Waals surface area contributed by atoms with Crippen molar-refractivity contribution in [1.82, 2.24) is 0 Å². The molecule has 1 aromatic rings. The topological polar surface area (TPSA) is 46.2 Å². The first-order valence-electron chi connectivity index (χ1n) is 2.54. The lowest BCUT2D eigenvalue weighted by Gasteiger charge is -2.00. The maximum atomic E-state index is 9.08. The van der Waals surface area contributed by atoms with Gasteiger partial charge in [-0.05, 0) is 37.9 Å². The number of benzene rings is 1. The lowest BCUT2D eigenvalue weighted by atomic mass is 10.3. The highest BCUT2D eigenvalue weighted by Gasteiger charge is 2.01. The van der Waals surface area contributed by atoms with Gasteiger partial charge in [-0.1, -0.05) is 0 Å². The molecule has 1 rings (SSSR count). The molecule has 0 aromatic heterocycles. The number of aromatic hydroxyl groups is 1. The minimum absolute atomic E-state index is 0.153. The molecule has 4 heteroatoms. The number of hydrogen-bond acceptors (Lipinski definition) is 2. The monoisotopic (exact) mass is 265 g/mol. The van der Waals surface area contributed by atoms with Crippen LogP contribution in [-0.4, -0.2) is 5.11 Å². The van der Waals surface area contributed by atoms with Crippen LogP contribution in [0.3, 0.4) is 0 Å². The van der Waals surface area contributed by atoms with Crippen LogP contribution in [0.25, 0.3) is 0 Å². The summed E-state index contributed by atoms with van der Waals surface area (Å²) in [5.74, 6) is 0.153. The van der Waals surface area contributed by atoms with Crippen LogP contribution in [0.4, 0.5) is 5.69 Å². The van der Waals surface area contributed by atoms with Gasteiger partial charge in [-0.15, -0.1) is 0 Å². The Morgan fingerprint density at radius 2 is 1.80 bits per heavy atom. The molecule has 2 nitrogen and oxygen atoms in total. The maximum absolute atomic E-state index is 9.08. The number of hydrogen-bond donors (Lipinski definition) is 2. The van der Waals surface area contributed by atoms with E-state index in [1.165, 1.54) is 6.07 Å². The molecule has 54 valence electrons. The van der Waals surface area contributed by atoms with Gasteiger partial charge in [0.1, 0.15) is 5.75 Å². The van der Waals surface area contributed by atoms with Crippen molar-refractivity contribution in [2.24, 2.45) is 0 Å². The second-order valence-corrected chi connectivity index (χ2v) is 3.53. The van der Waals surface area contributed by atoms with E-state index >= 15 is 0 Å². The van der Waals surface area contributed by atoms with Crippen LogP contribution in [0.15, 0.2) is 21.1 Å². The van der Waals surface area contributed by atoms with Crippen molar-refractivity contribution in [1.29, 1.82) is 0 Å². The summed E-state index contributed by atoms with van der Waals surface area (Å²) in [5, 5.41) is 9.08. The van der Waals surface area contributed by atoms with E-state index in [0.29, 0.717) is 10.2 Å². The van der Waals surface area contributed by atoms with Gasteiger partial charge in [0, 0.05) is 16.2 Å². The molecule has 0 saturated carbocycles. The molecule has 10 heavy (non-hydrogen) atoms. The Labute approximate surface area is 75.3 Å². The predicted octanol–water partition coefficient (Wildman–Crippen LogP) is 2.50. The molecule has 0 fully saturated rings. The average molecular weight is 267 g/mol. The molecule has 0 bridgehead atoms. The third-order valence-electron chi connectivity index (χ3n) is 1.07. The van der Waals surface area contributed by atoms with Gasteiger partial charge < -0.3 is 10.8 Å². The van der Waals surface area contributed by atoms with Crippen molar-refractivity contribution in [2.75, 3.05) is 5.73 Å². The molecule has 0 heterocycles. The number of phenols is 1. The summed E-state index contributed by atoms with van der Waals surface area (Å²) in [6.07, 6.45) is 0. The van der Waals surface area contributed by atoms with Crippen molar-refractivity contribution in [3.8, 4) is 5.75 Å². The quantitative estimate of drug-likeness (QED) is 0.709. The normalized spacial score (nSPS) is 9.80. The number of nitrogens with two attached hydrogens (primary N) is 1. The van der Waals surface area contributed by atoms with Crippen molar-refractivity contribution in [3.05, 3.63) is 21.1 Å². The standard InChI is InChI=1S/C6H5Br2NO/c7-3-1-4(8)6(10)2-5(3)9/h1-2,10H,9H2. The first-order valence-corrected chi connectivity index (χ1v) is 4.13. The van der Waals surface area contributed by atoms with Crippen LogP contribution >= 0.6 is 31.9 Å². The van der Waals surface area contributed by atoms with Gasteiger partial charge in [0.25, 0.3) is 0 Å².